The number of hydrogen-bond acceptors (Lipinski definition) is 3. The molecule has 0 spiro atoms. The lowest BCUT2D eigenvalue weighted by atomic mass is 10.2. The molecule has 0 aromatic carbocycles. The Labute approximate surface area is 90.3 Å². The molecule has 0 aromatic heterocycles. The summed E-state index contributed by atoms with van der Waals surface area (Å²) in [6, 6.07) is 0. The van der Waals surface area contributed by atoms with Crippen molar-refractivity contribution in [1.82, 2.24) is 10.2 Å². The van der Waals surface area contributed by atoms with Crippen LogP contribution in [0.3, 0.4) is 0 Å². The molecule has 0 saturated carbocycles. The van der Waals surface area contributed by atoms with Gasteiger partial charge in [0.05, 0.1) is 6.54 Å². The second-order valence-electron chi connectivity index (χ2n) is 3.86. The molecule has 0 aromatic rings. The zero-order chi connectivity index (χ0) is 11.3. The fraction of sp³-hybridized carbons (Fsp3) is 0.636. The first-order chi connectivity index (χ1) is 7.15. The molecule has 4 nitrogen and oxygen atoms in total. The quantitative estimate of drug-likeness (QED) is 0.548. The van der Waals surface area contributed by atoms with Crippen LogP contribution in [0.4, 0.5) is 0 Å². The lowest BCUT2D eigenvalue weighted by Crippen LogP contribution is -2.37. The molecule has 0 bridgehead atoms. The first-order valence-corrected chi connectivity index (χ1v) is 5.29. The van der Waals surface area contributed by atoms with Crippen LogP contribution < -0.4 is 5.32 Å². The van der Waals surface area contributed by atoms with Gasteiger partial charge in [-0.25, -0.2) is 0 Å². The minimum atomic E-state index is -0.0604. The van der Waals surface area contributed by atoms with Crippen molar-refractivity contribution in [1.29, 1.82) is 0 Å². The second-order valence-corrected chi connectivity index (χ2v) is 3.86. The zero-order valence-corrected chi connectivity index (χ0v) is 9.21. The third-order valence-electron chi connectivity index (χ3n) is 2.44. The van der Waals surface area contributed by atoms with E-state index in [1.165, 1.54) is 4.90 Å². The number of nitrogens with one attached hydrogen (secondary N) is 1. The summed E-state index contributed by atoms with van der Waals surface area (Å²) >= 11 is 0. The van der Waals surface area contributed by atoms with Gasteiger partial charge in [0, 0.05) is 19.4 Å². The second kappa shape index (κ2) is 5.66. The Balaban J connectivity index is 2.59. The largest absolute Gasteiger partial charge is 0.316 e. The minimum absolute atomic E-state index is 0.0604. The Hall–Kier alpha value is -1.16. The molecule has 1 heterocycles. The number of carbonyl (C=O) groups excluding carboxylic acids is 2. The Morgan fingerprint density at radius 2 is 1.87 bits per heavy atom. The summed E-state index contributed by atoms with van der Waals surface area (Å²) in [5.74, 6) is -0.121. The van der Waals surface area contributed by atoms with Crippen LogP contribution in [-0.4, -0.2) is 36.9 Å². The summed E-state index contributed by atoms with van der Waals surface area (Å²) < 4.78 is 0. The Morgan fingerprint density at radius 1 is 1.33 bits per heavy atom. The smallest absolute Gasteiger partial charge is 0.229 e. The Bertz CT molecular complexity index is 256. The van der Waals surface area contributed by atoms with Crippen molar-refractivity contribution in [3.8, 4) is 0 Å². The maximum absolute atomic E-state index is 11.6. The van der Waals surface area contributed by atoms with Crippen molar-refractivity contribution in [2.75, 3.05) is 20.1 Å². The molecule has 84 valence electrons. The summed E-state index contributed by atoms with van der Waals surface area (Å²) in [7, 11) is 1.82. The number of likely N-dealkylation sites (N-methyl/N-ethyl adjacent to an activating group) is 1. The lowest BCUT2D eigenvalue weighted by Gasteiger charge is -2.19. The number of likely N-dealkylation sites (tertiary alicyclic amines) is 1. The van der Waals surface area contributed by atoms with Gasteiger partial charge in [0.1, 0.15) is 0 Å². The van der Waals surface area contributed by atoms with E-state index in [0.717, 1.165) is 18.4 Å². The minimum Gasteiger partial charge on any atom is -0.316 e. The average molecular weight is 210 g/mol. The van der Waals surface area contributed by atoms with E-state index in [0.29, 0.717) is 25.9 Å². The molecule has 1 rings (SSSR count). The van der Waals surface area contributed by atoms with Crippen LogP contribution in [0.2, 0.25) is 0 Å². The monoisotopic (exact) mass is 210 g/mol. The number of nitrogens with zero attached hydrogens (tertiary/aromatic N) is 1. The first kappa shape index (κ1) is 11.9. The summed E-state index contributed by atoms with van der Waals surface area (Å²) in [5, 5.41) is 2.95. The fourth-order valence-corrected chi connectivity index (χ4v) is 1.67. The van der Waals surface area contributed by atoms with E-state index in [-0.39, 0.29) is 11.8 Å². The van der Waals surface area contributed by atoms with E-state index >= 15 is 0 Å². The molecule has 1 N–H and O–H groups in total. The highest BCUT2D eigenvalue weighted by Gasteiger charge is 2.23. The van der Waals surface area contributed by atoms with Crippen molar-refractivity contribution in [2.45, 2.75) is 25.7 Å². The molecule has 0 atom stereocenters. The van der Waals surface area contributed by atoms with Crippen LogP contribution in [0.15, 0.2) is 12.2 Å². The van der Waals surface area contributed by atoms with Crippen molar-refractivity contribution in [2.24, 2.45) is 0 Å². The summed E-state index contributed by atoms with van der Waals surface area (Å²) in [5.41, 5.74) is 0.862. The van der Waals surface area contributed by atoms with Gasteiger partial charge in [-0.1, -0.05) is 6.58 Å². The highest BCUT2D eigenvalue weighted by molar-refractivity contribution is 5.96. The Kier molecular flexibility index (Phi) is 4.49. The van der Waals surface area contributed by atoms with Gasteiger partial charge in [-0.15, -0.1) is 0 Å². The number of rotatable bonds is 4. The van der Waals surface area contributed by atoms with Crippen molar-refractivity contribution < 1.29 is 9.59 Å². The van der Waals surface area contributed by atoms with Gasteiger partial charge >= 0.3 is 0 Å². The van der Waals surface area contributed by atoms with Gasteiger partial charge in [0.25, 0.3) is 0 Å². The van der Waals surface area contributed by atoms with Crippen LogP contribution in [0.5, 0.6) is 0 Å². The summed E-state index contributed by atoms with van der Waals surface area (Å²) in [4.78, 5) is 24.6. The lowest BCUT2D eigenvalue weighted by molar-refractivity contribution is -0.143. The molecule has 1 aliphatic rings. The molecule has 0 aliphatic carbocycles. The highest BCUT2D eigenvalue weighted by atomic mass is 16.2. The number of amides is 2. The van der Waals surface area contributed by atoms with Gasteiger partial charge in [-0.2, -0.15) is 0 Å². The molecule has 0 unspecified atom stereocenters. The van der Waals surface area contributed by atoms with E-state index in [1.807, 2.05) is 7.05 Å². The summed E-state index contributed by atoms with van der Waals surface area (Å²) in [6.07, 6.45) is 2.61. The standard InChI is InChI=1S/C11H18N2O2/c1-9(7-12-2)8-13-10(14)5-3-4-6-11(13)15/h12H,1,3-8H2,2H3. The molecule has 1 saturated heterocycles. The molecular weight excluding hydrogens is 192 g/mol. The third-order valence-corrected chi connectivity index (χ3v) is 2.44. The van der Waals surface area contributed by atoms with E-state index in [4.69, 9.17) is 0 Å². The van der Waals surface area contributed by atoms with Crippen molar-refractivity contribution >= 4 is 11.8 Å². The number of imide groups is 1. The fourth-order valence-electron chi connectivity index (χ4n) is 1.67. The van der Waals surface area contributed by atoms with Gasteiger partial charge in [-0.3, -0.25) is 14.5 Å². The molecule has 1 fully saturated rings. The van der Waals surface area contributed by atoms with Gasteiger partial charge < -0.3 is 5.32 Å². The van der Waals surface area contributed by atoms with Crippen molar-refractivity contribution in [3.63, 3.8) is 0 Å². The first-order valence-electron chi connectivity index (χ1n) is 5.29. The highest BCUT2D eigenvalue weighted by Crippen LogP contribution is 2.13. The Morgan fingerprint density at radius 3 is 2.33 bits per heavy atom. The van der Waals surface area contributed by atoms with E-state index in [9.17, 15) is 9.59 Å². The summed E-state index contributed by atoms with van der Waals surface area (Å²) in [6.45, 7) is 4.83. The maximum Gasteiger partial charge on any atom is 0.229 e. The SMILES string of the molecule is C=C(CNC)CN1C(=O)CCCCC1=O. The van der Waals surface area contributed by atoms with Crippen LogP contribution in [-0.2, 0) is 9.59 Å². The molecule has 2 amide bonds. The predicted molar refractivity (Wildman–Crippen MR) is 58.3 cm³/mol. The maximum atomic E-state index is 11.6. The molecule has 0 radical (unpaired) electrons. The van der Waals surface area contributed by atoms with Crippen molar-refractivity contribution in [3.05, 3.63) is 12.2 Å². The molecular formula is C11H18N2O2. The van der Waals surface area contributed by atoms with Crippen LogP contribution in [0, 0.1) is 0 Å². The van der Waals surface area contributed by atoms with Crippen LogP contribution >= 0.6 is 0 Å². The van der Waals surface area contributed by atoms with E-state index in [1.54, 1.807) is 0 Å². The van der Waals surface area contributed by atoms with Gasteiger partial charge in [0.15, 0.2) is 0 Å². The molecule has 15 heavy (non-hydrogen) atoms. The zero-order valence-electron chi connectivity index (χ0n) is 9.21. The number of hydrogen-bond donors (Lipinski definition) is 1. The van der Waals surface area contributed by atoms with E-state index < -0.39 is 0 Å². The number of carbonyl (C=O) groups is 2. The van der Waals surface area contributed by atoms with Gasteiger partial charge in [0.2, 0.25) is 11.8 Å². The van der Waals surface area contributed by atoms with Crippen LogP contribution in [0.25, 0.3) is 0 Å². The van der Waals surface area contributed by atoms with Gasteiger partial charge in [-0.05, 0) is 25.5 Å². The molecule has 1 aliphatic heterocycles. The molecule has 4 heteroatoms. The third kappa shape index (κ3) is 3.47. The normalized spacial score (nSPS) is 17.8. The average Bonchev–Trinajstić information content (AvgIpc) is 2.33. The predicted octanol–water partition coefficient (Wildman–Crippen LogP) is 0.691. The topological polar surface area (TPSA) is 49.4 Å². The van der Waals surface area contributed by atoms with Crippen LogP contribution in [0.1, 0.15) is 25.7 Å². The van der Waals surface area contributed by atoms with E-state index in [2.05, 4.69) is 11.9 Å².